The Kier molecular flexibility index (Phi) is 6.87. The highest BCUT2D eigenvalue weighted by Crippen LogP contribution is 2.21. The quantitative estimate of drug-likeness (QED) is 0.437. The maximum atomic E-state index is 13.1. The van der Waals surface area contributed by atoms with Crippen molar-refractivity contribution in [1.82, 2.24) is 20.2 Å². The van der Waals surface area contributed by atoms with Crippen molar-refractivity contribution in [2.24, 2.45) is 0 Å². The summed E-state index contributed by atoms with van der Waals surface area (Å²) in [5.74, 6) is 6.69. The van der Waals surface area contributed by atoms with E-state index in [0.29, 0.717) is 29.0 Å². The Morgan fingerprint density at radius 2 is 1.83 bits per heavy atom. The topological polar surface area (TPSA) is 85.8 Å². The number of nitrogens with zero attached hydrogens (tertiary/aromatic N) is 3. The molecule has 1 heterocycles. The zero-order valence-corrected chi connectivity index (χ0v) is 17.2. The summed E-state index contributed by atoms with van der Waals surface area (Å²) in [6, 6.07) is 14.3. The van der Waals surface area contributed by atoms with Crippen LogP contribution in [0.3, 0.4) is 0 Å². The molecule has 0 radical (unpaired) electrons. The van der Waals surface area contributed by atoms with Gasteiger partial charge in [-0.1, -0.05) is 49.9 Å². The van der Waals surface area contributed by atoms with Gasteiger partial charge in [-0.3, -0.25) is 4.79 Å². The zero-order valence-electron chi connectivity index (χ0n) is 16.4. The number of hydrogen-bond donors (Lipinski definition) is 2. The Morgan fingerprint density at radius 3 is 2.48 bits per heavy atom. The van der Waals surface area contributed by atoms with Crippen LogP contribution in [0.25, 0.3) is 11.4 Å². The van der Waals surface area contributed by atoms with Crippen LogP contribution in [-0.2, 0) is 11.2 Å². The van der Waals surface area contributed by atoms with Crippen molar-refractivity contribution >= 4 is 17.7 Å². The standard InChI is InChI=1S/C21H24FN5OS/c1-14(2)16-5-3-15(4-6-16)11-12-24-19(28)13-29-21-26-25-20(27(21)23)17-7-9-18(22)10-8-17/h3-10,14H,11-13,23H2,1-2H3,(H,24,28). The Bertz CT molecular complexity index is 954. The molecule has 0 bridgehead atoms. The van der Waals surface area contributed by atoms with Crippen molar-refractivity contribution in [3.05, 3.63) is 65.5 Å². The normalized spacial score (nSPS) is 11.0. The second-order valence-corrected chi connectivity index (χ2v) is 7.91. The van der Waals surface area contributed by atoms with E-state index >= 15 is 0 Å². The van der Waals surface area contributed by atoms with Crippen molar-refractivity contribution < 1.29 is 9.18 Å². The summed E-state index contributed by atoms with van der Waals surface area (Å²) in [5, 5.41) is 11.4. The first kappa shape index (κ1) is 20.9. The van der Waals surface area contributed by atoms with Gasteiger partial charge in [0.2, 0.25) is 11.1 Å². The molecular formula is C21H24FN5OS. The van der Waals surface area contributed by atoms with Crippen molar-refractivity contribution in [3.8, 4) is 11.4 Å². The van der Waals surface area contributed by atoms with Crippen LogP contribution in [0.15, 0.2) is 53.7 Å². The van der Waals surface area contributed by atoms with Crippen LogP contribution in [0.5, 0.6) is 0 Å². The van der Waals surface area contributed by atoms with E-state index in [9.17, 15) is 9.18 Å². The fourth-order valence-electron chi connectivity index (χ4n) is 2.77. The smallest absolute Gasteiger partial charge is 0.230 e. The molecule has 3 N–H and O–H groups in total. The molecule has 0 fully saturated rings. The second-order valence-electron chi connectivity index (χ2n) is 6.97. The Balaban J connectivity index is 1.46. The SMILES string of the molecule is CC(C)c1ccc(CCNC(=O)CSc2nnc(-c3ccc(F)cc3)n2N)cc1. The van der Waals surface area contributed by atoms with Gasteiger partial charge in [0.05, 0.1) is 5.75 Å². The molecule has 0 saturated heterocycles. The van der Waals surface area contributed by atoms with Crippen molar-refractivity contribution in [2.75, 3.05) is 18.1 Å². The highest BCUT2D eigenvalue weighted by Gasteiger charge is 2.13. The Morgan fingerprint density at radius 1 is 1.14 bits per heavy atom. The Labute approximate surface area is 173 Å². The number of thioether (sulfide) groups is 1. The van der Waals surface area contributed by atoms with Crippen LogP contribution >= 0.6 is 11.8 Å². The lowest BCUT2D eigenvalue weighted by Gasteiger charge is -2.08. The number of carbonyl (C=O) groups excluding carboxylic acids is 1. The first-order valence-electron chi connectivity index (χ1n) is 9.39. The zero-order chi connectivity index (χ0) is 20.8. The van der Waals surface area contributed by atoms with Gasteiger partial charge in [-0.25, -0.2) is 9.07 Å². The number of nitrogens with two attached hydrogens (primary N) is 1. The molecule has 2 aromatic carbocycles. The summed E-state index contributed by atoms with van der Waals surface area (Å²) >= 11 is 1.20. The van der Waals surface area contributed by atoms with Gasteiger partial charge in [-0.2, -0.15) is 0 Å². The summed E-state index contributed by atoms with van der Waals surface area (Å²) in [4.78, 5) is 12.1. The van der Waals surface area contributed by atoms with Gasteiger partial charge < -0.3 is 11.2 Å². The predicted octanol–water partition coefficient (Wildman–Crippen LogP) is 3.37. The molecule has 0 spiro atoms. The molecule has 1 aromatic heterocycles. The molecule has 0 aliphatic rings. The molecule has 3 aromatic rings. The lowest BCUT2D eigenvalue weighted by Crippen LogP contribution is -2.27. The van der Waals surface area contributed by atoms with Gasteiger partial charge in [0, 0.05) is 12.1 Å². The van der Waals surface area contributed by atoms with Crippen LogP contribution in [0, 0.1) is 5.82 Å². The number of nitrogens with one attached hydrogen (secondary N) is 1. The summed E-state index contributed by atoms with van der Waals surface area (Å²) in [7, 11) is 0. The minimum Gasteiger partial charge on any atom is -0.355 e. The van der Waals surface area contributed by atoms with E-state index in [4.69, 9.17) is 5.84 Å². The molecule has 0 saturated carbocycles. The third-order valence-corrected chi connectivity index (χ3v) is 5.42. The lowest BCUT2D eigenvalue weighted by molar-refractivity contribution is -0.118. The number of aromatic nitrogens is 3. The van der Waals surface area contributed by atoms with Crippen molar-refractivity contribution in [1.29, 1.82) is 0 Å². The van der Waals surface area contributed by atoms with Crippen LogP contribution in [0.4, 0.5) is 4.39 Å². The summed E-state index contributed by atoms with van der Waals surface area (Å²) in [6.07, 6.45) is 0.774. The van der Waals surface area contributed by atoms with Crippen molar-refractivity contribution in [2.45, 2.75) is 31.3 Å². The fourth-order valence-corrected chi connectivity index (χ4v) is 3.45. The molecule has 0 aliphatic heterocycles. The van der Waals surface area contributed by atoms with E-state index in [2.05, 4.69) is 53.6 Å². The average Bonchev–Trinajstić information content (AvgIpc) is 3.08. The summed E-state index contributed by atoms with van der Waals surface area (Å²) in [5.41, 5.74) is 3.15. The molecule has 1 amide bonds. The number of amides is 1. The van der Waals surface area contributed by atoms with Crippen LogP contribution in [0.2, 0.25) is 0 Å². The number of carbonyl (C=O) groups is 1. The average molecular weight is 414 g/mol. The number of benzene rings is 2. The van der Waals surface area contributed by atoms with Gasteiger partial charge in [0.15, 0.2) is 5.82 Å². The van der Waals surface area contributed by atoms with E-state index in [1.807, 2.05) is 0 Å². The summed E-state index contributed by atoms with van der Waals surface area (Å²) < 4.78 is 14.4. The molecule has 0 unspecified atom stereocenters. The molecule has 0 aliphatic carbocycles. The van der Waals surface area contributed by atoms with Crippen LogP contribution in [0.1, 0.15) is 30.9 Å². The van der Waals surface area contributed by atoms with E-state index in [-0.39, 0.29) is 17.5 Å². The third-order valence-electron chi connectivity index (χ3n) is 4.48. The van der Waals surface area contributed by atoms with E-state index in [1.165, 1.54) is 39.7 Å². The van der Waals surface area contributed by atoms with Gasteiger partial charge in [-0.15, -0.1) is 10.2 Å². The second kappa shape index (κ2) is 9.56. The van der Waals surface area contributed by atoms with E-state index in [0.717, 1.165) is 6.42 Å². The largest absolute Gasteiger partial charge is 0.355 e. The third kappa shape index (κ3) is 5.57. The molecule has 0 atom stereocenters. The number of nitrogen functional groups attached to an aromatic ring is 1. The highest BCUT2D eigenvalue weighted by molar-refractivity contribution is 7.99. The fraction of sp³-hybridized carbons (Fsp3) is 0.286. The maximum absolute atomic E-state index is 13.1. The molecule has 8 heteroatoms. The first-order chi connectivity index (χ1) is 13.9. The minimum atomic E-state index is -0.334. The number of rotatable bonds is 8. The molecule has 6 nitrogen and oxygen atoms in total. The molecular weight excluding hydrogens is 389 g/mol. The first-order valence-corrected chi connectivity index (χ1v) is 10.4. The van der Waals surface area contributed by atoms with Gasteiger partial charge >= 0.3 is 0 Å². The molecule has 3 rings (SSSR count). The van der Waals surface area contributed by atoms with Crippen molar-refractivity contribution in [3.63, 3.8) is 0 Å². The van der Waals surface area contributed by atoms with E-state index < -0.39 is 0 Å². The summed E-state index contributed by atoms with van der Waals surface area (Å²) in [6.45, 7) is 4.89. The highest BCUT2D eigenvalue weighted by atomic mass is 32.2. The maximum Gasteiger partial charge on any atom is 0.230 e. The van der Waals surface area contributed by atoms with E-state index in [1.54, 1.807) is 12.1 Å². The van der Waals surface area contributed by atoms with Gasteiger partial charge in [0.25, 0.3) is 0 Å². The van der Waals surface area contributed by atoms with Gasteiger partial charge in [-0.05, 0) is 47.7 Å². The molecule has 29 heavy (non-hydrogen) atoms. The van der Waals surface area contributed by atoms with Gasteiger partial charge in [0.1, 0.15) is 5.82 Å². The minimum absolute atomic E-state index is 0.0971. The van der Waals surface area contributed by atoms with Crippen LogP contribution in [-0.4, -0.2) is 33.1 Å². The monoisotopic (exact) mass is 413 g/mol. The lowest BCUT2D eigenvalue weighted by atomic mass is 10.0. The number of halogens is 1. The predicted molar refractivity (Wildman–Crippen MR) is 114 cm³/mol. The molecule has 152 valence electrons. The Hall–Kier alpha value is -2.87. The number of hydrogen-bond acceptors (Lipinski definition) is 5. The van der Waals surface area contributed by atoms with Crippen LogP contribution < -0.4 is 11.2 Å².